The van der Waals surface area contributed by atoms with Crippen LogP contribution >= 0.6 is 22.7 Å². The quantitative estimate of drug-likeness (QED) is 0.692. The van der Waals surface area contributed by atoms with Crippen LogP contribution in [0.5, 0.6) is 0 Å². The molecule has 3 aromatic rings. The number of nitrogens with one attached hydrogen (secondary N) is 2. The van der Waals surface area contributed by atoms with Gasteiger partial charge in [-0.2, -0.15) is 0 Å². The molecular weight excluding hydrogens is 340 g/mol. The number of thiophene rings is 2. The lowest BCUT2D eigenvalue weighted by atomic mass is 10.1. The maximum absolute atomic E-state index is 12.4. The van der Waals surface area contributed by atoms with Crippen molar-refractivity contribution in [3.8, 4) is 11.1 Å². The Labute approximate surface area is 148 Å². The summed E-state index contributed by atoms with van der Waals surface area (Å²) in [6.45, 7) is 3.95. The van der Waals surface area contributed by atoms with Crippen molar-refractivity contribution in [3.05, 3.63) is 68.0 Å². The van der Waals surface area contributed by atoms with Gasteiger partial charge < -0.3 is 0 Å². The zero-order valence-corrected chi connectivity index (χ0v) is 14.9. The van der Waals surface area contributed by atoms with E-state index in [9.17, 15) is 9.59 Å². The van der Waals surface area contributed by atoms with E-state index in [-0.39, 0.29) is 11.8 Å². The minimum absolute atomic E-state index is 0.310. The topological polar surface area (TPSA) is 58.2 Å². The number of amides is 2. The van der Waals surface area contributed by atoms with Gasteiger partial charge in [-0.05, 0) is 43.0 Å². The Hall–Kier alpha value is -2.44. The molecular formula is C18H16N2O2S2. The summed E-state index contributed by atoms with van der Waals surface area (Å²) >= 11 is 2.73. The average molecular weight is 356 g/mol. The lowest BCUT2D eigenvalue weighted by molar-refractivity contribution is 0.0851. The monoisotopic (exact) mass is 356 g/mol. The third-order valence-electron chi connectivity index (χ3n) is 3.49. The third-order valence-corrected chi connectivity index (χ3v) is 5.40. The fraction of sp³-hybridized carbons (Fsp3) is 0.111. The molecule has 0 saturated heterocycles. The predicted molar refractivity (Wildman–Crippen MR) is 98.5 cm³/mol. The van der Waals surface area contributed by atoms with Gasteiger partial charge in [0.1, 0.15) is 4.88 Å². The summed E-state index contributed by atoms with van der Waals surface area (Å²) in [7, 11) is 0. The number of hydrazine groups is 1. The molecule has 1 aromatic carbocycles. The number of carbonyl (C=O) groups excluding carboxylic acids is 2. The number of aryl methyl sites for hydroxylation is 2. The summed E-state index contributed by atoms with van der Waals surface area (Å²) in [6.07, 6.45) is 0. The van der Waals surface area contributed by atoms with Crippen molar-refractivity contribution >= 4 is 34.5 Å². The van der Waals surface area contributed by atoms with Gasteiger partial charge in [-0.25, -0.2) is 0 Å². The molecule has 2 N–H and O–H groups in total. The molecule has 122 valence electrons. The normalized spacial score (nSPS) is 10.4. The zero-order valence-electron chi connectivity index (χ0n) is 13.3. The molecule has 0 saturated carbocycles. The summed E-state index contributed by atoms with van der Waals surface area (Å²) in [6, 6.07) is 13.5. The minimum Gasteiger partial charge on any atom is -0.266 e. The first-order valence-corrected chi connectivity index (χ1v) is 9.06. The Morgan fingerprint density at radius 2 is 1.58 bits per heavy atom. The van der Waals surface area contributed by atoms with E-state index in [0.717, 1.165) is 16.0 Å². The summed E-state index contributed by atoms with van der Waals surface area (Å²) in [5.41, 5.74) is 7.96. The predicted octanol–water partition coefficient (Wildman–Crippen LogP) is 4.17. The van der Waals surface area contributed by atoms with Crippen LogP contribution in [0.4, 0.5) is 0 Å². The average Bonchev–Trinajstić information content (AvgIpc) is 3.22. The maximum atomic E-state index is 12.4. The van der Waals surface area contributed by atoms with Crippen LogP contribution in [0.15, 0.2) is 47.8 Å². The smallest absolute Gasteiger partial charge is 0.266 e. The molecule has 0 aliphatic carbocycles. The van der Waals surface area contributed by atoms with Gasteiger partial charge in [-0.1, -0.05) is 29.8 Å². The molecule has 4 nitrogen and oxygen atoms in total. The molecule has 2 heterocycles. The van der Waals surface area contributed by atoms with Crippen molar-refractivity contribution < 1.29 is 9.59 Å². The summed E-state index contributed by atoms with van der Waals surface area (Å²) < 4.78 is 0. The van der Waals surface area contributed by atoms with Crippen LogP contribution in [-0.4, -0.2) is 11.8 Å². The van der Waals surface area contributed by atoms with Crippen molar-refractivity contribution in [1.82, 2.24) is 10.9 Å². The van der Waals surface area contributed by atoms with Gasteiger partial charge in [0.2, 0.25) is 0 Å². The molecule has 0 spiro atoms. The molecule has 2 aromatic heterocycles. The van der Waals surface area contributed by atoms with Gasteiger partial charge in [0.15, 0.2) is 0 Å². The van der Waals surface area contributed by atoms with Crippen LogP contribution in [-0.2, 0) is 0 Å². The molecule has 3 rings (SSSR count). The summed E-state index contributed by atoms with van der Waals surface area (Å²) in [5.74, 6) is -0.628. The van der Waals surface area contributed by atoms with Gasteiger partial charge in [0.25, 0.3) is 11.8 Å². The van der Waals surface area contributed by atoms with E-state index in [0.29, 0.717) is 9.75 Å². The first-order chi connectivity index (χ1) is 11.5. The Morgan fingerprint density at radius 3 is 2.25 bits per heavy atom. The fourth-order valence-corrected chi connectivity index (χ4v) is 3.81. The van der Waals surface area contributed by atoms with Crippen molar-refractivity contribution in [2.45, 2.75) is 13.8 Å². The highest BCUT2D eigenvalue weighted by Crippen LogP contribution is 2.28. The molecule has 6 heteroatoms. The highest BCUT2D eigenvalue weighted by molar-refractivity contribution is 7.14. The van der Waals surface area contributed by atoms with Crippen molar-refractivity contribution in [2.24, 2.45) is 0 Å². The number of carbonyl (C=O) groups is 2. The Bertz CT molecular complexity index is 879. The lowest BCUT2D eigenvalue weighted by Crippen LogP contribution is -2.41. The molecule has 0 aliphatic heterocycles. The molecule has 0 bridgehead atoms. The molecule has 0 atom stereocenters. The van der Waals surface area contributed by atoms with Crippen LogP contribution in [0.2, 0.25) is 0 Å². The second-order valence-electron chi connectivity index (χ2n) is 5.35. The van der Waals surface area contributed by atoms with Gasteiger partial charge in [-0.15, -0.1) is 22.7 Å². The molecule has 0 radical (unpaired) electrons. The number of benzene rings is 1. The highest BCUT2D eigenvalue weighted by Gasteiger charge is 2.16. The maximum Gasteiger partial charge on any atom is 0.280 e. The summed E-state index contributed by atoms with van der Waals surface area (Å²) in [5, 5.41) is 1.87. The first-order valence-electron chi connectivity index (χ1n) is 7.36. The van der Waals surface area contributed by atoms with E-state index in [1.165, 1.54) is 28.2 Å². The molecule has 2 amide bonds. The van der Waals surface area contributed by atoms with E-state index in [1.54, 1.807) is 6.07 Å². The van der Waals surface area contributed by atoms with Gasteiger partial charge in [0, 0.05) is 10.4 Å². The van der Waals surface area contributed by atoms with E-state index in [2.05, 4.69) is 10.9 Å². The van der Waals surface area contributed by atoms with Gasteiger partial charge >= 0.3 is 0 Å². The largest absolute Gasteiger partial charge is 0.280 e. The standard InChI is InChI=1S/C18H16N2O2S2/c1-11-3-6-13(7-4-11)14-9-10-23-16(14)18(22)20-19-17(21)15-8-5-12(2)24-15/h3-10H,1-2H3,(H,19,21)(H,20,22). The van der Waals surface area contributed by atoms with Gasteiger partial charge in [-0.3, -0.25) is 20.4 Å². The van der Waals surface area contributed by atoms with Crippen molar-refractivity contribution in [1.29, 1.82) is 0 Å². The third kappa shape index (κ3) is 3.55. The Kier molecular flexibility index (Phi) is 4.78. The van der Waals surface area contributed by atoms with Gasteiger partial charge in [0.05, 0.1) is 4.88 Å². The van der Waals surface area contributed by atoms with Crippen LogP contribution in [0.3, 0.4) is 0 Å². The highest BCUT2D eigenvalue weighted by atomic mass is 32.1. The number of hydrogen-bond donors (Lipinski definition) is 2. The van der Waals surface area contributed by atoms with E-state index < -0.39 is 0 Å². The second-order valence-corrected chi connectivity index (χ2v) is 7.55. The Balaban J connectivity index is 1.71. The lowest BCUT2D eigenvalue weighted by Gasteiger charge is -2.07. The number of rotatable bonds is 3. The SMILES string of the molecule is Cc1ccc(-c2ccsc2C(=O)NNC(=O)c2ccc(C)s2)cc1. The zero-order chi connectivity index (χ0) is 17.1. The van der Waals surface area contributed by atoms with Crippen molar-refractivity contribution in [2.75, 3.05) is 0 Å². The van der Waals surface area contributed by atoms with Crippen LogP contribution < -0.4 is 10.9 Å². The molecule has 0 unspecified atom stereocenters. The number of hydrogen-bond acceptors (Lipinski definition) is 4. The van der Waals surface area contributed by atoms with Crippen molar-refractivity contribution in [3.63, 3.8) is 0 Å². The Morgan fingerprint density at radius 1 is 0.875 bits per heavy atom. The van der Waals surface area contributed by atoms with Crippen LogP contribution in [0.25, 0.3) is 11.1 Å². The fourth-order valence-electron chi connectivity index (χ4n) is 2.23. The molecule has 24 heavy (non-hydrogen) atoms. The minimum atomic E-state index is -0.317. The first kappa shape index (κ1) is 16.4. The molecule has 0 fully saturated rings. The summed E-state index contributed by atoms with van der Waals surface area (Å²) in [4.78, 5) is 26.6. The van der Waals surface area contributed by atoms with E-state index in [4.69, 9.17) is 0 Å². The van der Waals surface area contributed by atoms with Crippen LogP contribution in [0.1, 0.15) is 29.8 Å². The molecule has 0 aliphatic rings. The van der Waals surface area contributed by atoms with E-state index >= 15 is 0 Å². The van der Waals surface area contributed by atoms with E-state index in [1.807, 2.05) is 55.6 Å². The van der Waals surface area contributed by atoms with Crippen LogP contribution in [0, 0.1) is 13.8 Å². The second kappa shape index (κ2) is 6.98.